The first-order valence-corrected chi connectivity index (χ1v) is 14.4. The second-order valence-electron chi connectivity index (χ2n) is 11.2. The average molecular weight is 530 g/mol. The summed E-state index contributed by atoms with van der Waals surface area (Å²) >= 11 is 1.55. The number of nitrogens with zero attached hydrogens (tertiary/aromatic N) is 2. The van der Waals surface area contributed by atoms with Crippen molar-refractivity contribution >= 4 is 28.1 Å². The van der Waals surface area contributed by atoms with Gasteiger partial charge in [-0.05, 0) is 67.6 Å². The Morgan fingerprint density at radius 3 is 2.55 bits per heavy atom. The lowest BCUT2D eigenvalue weighted by atomic mass is 9.68. The quantitative estimate of drug-likeness (QED) is 0.456. The van der Waals surface area contributed by atoms with Crippen molar-refractivity contribution in [2.24, 2.45) is 11.1 Å². The van der Waals surface area contributed by atoms with Gasteiger partial charge in [-0.15, -0.1) is 11.3 Å². The molecule has 0 amide bonds. The van der Waals surface area contributed by atoms with Gasteiger partial charge in [0.25, 0.3) is 0 Å². The van der Waals surface area contributed by atoms with Gasteiger partial charge in [0, 0.05) is 22.6 Å². The number of fused-ring (bicyclic) bond motifs is 1. The van der Waals surface area contributed by atoms with Crippen molar-refractivity contribution in [3.8, 4) is 6.07 Å². The zero-order valence-electron chi connectivity index (χ0n) is 22.6. The second kappa shape index (κ2) is 10.1. The number of thiophene rings is 1. The van der Waals surface area contributed by atoms with Gasteiger partial charge < -0.3 is 10.5 Å². The molecule has 1 aliphatic heterocycles. The Balaban J connectivity index is 1.77. The molecular weight excluding hydrogens is 494 g/mol. The van der Waals surface area contributed by atoms with Crippen LogP contribution in [0.15, 0.2) is 46.9 Å². The minimum Gasteiger partial charge on any atom is -0.462 e. The molecule has 0 spiro atoms. The number of benzene rings is 1. The maximum atomic E-state index is 13.9. The third-order valence-electron chi connectivity index (χ3n) is 7.94. The molecule has 2 aliphatic carbocycles. The first-order chi connectivity index (χ1) is 18.2. The number of anilines is 1. The van der Waals surface area contributed by atoms with E-state index in [0.717, 1.165) is 48.9 Å². The van der Waals surface area contributed by atoms with Gasteiger partial charge in [-0.3, -0.25) is 9.69 Å². The highest BCUT2D eigenvalue weighted by atomic mass is 32.1. The number of nitriles is 1. The zero-order valence-corrected chi connectivity index (χ0v) is 23.5. The lowest BCUT2D eigenvalue weighted by molar-refractivity contribution is -0.118. The smallest absolute Gasteiger partial charge is 0.341 e. The van der Waals surface area contributed by atoms with Crippen molar-refractivity contribution in [1.82, 2.24) is 0 Å². The first kappa shape index (κ1) is 26.2. The van der Waals surface area contributed by atoms with Gasteiger partial charge >= 0.3 is 5.97 Å². The summed E-state index contributed by atoms with van der Waals surface area (Å²) in [6.07, 6.45) is 5.71. The standard InChI is InChI=1S/C31H35N3O3S/c1-5-18-11-13-19(14-12-18)25-21(17-32)28(33)34(22-15-31(3,4)16-23(35)27(22)25)29-26(30(36)37-6-2)20-9-7-8-10-24(20)38-29/h11-14,25H,5-10,15-16,33H2,1-4H3/t25-/m1/s1. The number of carbonyl (C=O) groups is 2. The van der Waals surface area contributed by atoms with E-state index in [9.17, 15) is 14.9 Å². The number of hydrogen-bond acceptors (Lipinski definition) is 7. The van der Waals surface area contributed by atoms with Crippen LogP contribution >= 0.6 is 11.3 Å². The largest absolute Gasteiger partial charge is 0.462 e. The Morgan fingerprint density at radius 2 is 1.89 bits per heavy atom. The number of hydrogen-bond donors (Lipinski definition) is 1. The van der Waals surface area contributed by atoms with Gasteiger partial charge in [-0.1, -0.05) is 45.0 Å². The lowest BCUT2D eigenvalue weighted by Crippen LogP contribution is -2.42. The van der Waals surface area contributed by atoms with Gasteiger partial charge in [-0.25, -0.2) is 4.79 Å². The molecule has 198 valence electrons. The highest BCUT2D eigenvalue weighted by molar-refractivity contribution is 7.16. The molecular formula is C31H35N3O3S. The van der Waals surface area contributed by atoms with Crippen molar-refractivity contribution in [3.05, 3.63) is 74.1 Å². The SMILES string of the molecule is CCOC(=O)c1c(N2C(N)=C(C#N)[C@@H](c3ccc(CC)cc3)C3=C2CC(C)(C)CC3=O)sc2c1CCCC2. The predicted molar refractivity (Wildman–Crippen MR) is 150 cm³/mol. The Bertz CT molecular complexity index is 1400. The topological polar surface area (TPSA) is 96.4 Å². The molecule has 2 N–H and O–H groups in total. The van der Waals surface area contributed by atoms with E-state index in [-0.39, 0.29) is 23.8 Å². The molecule has 3 aliphatic rings. The molecule has 2 aromatic rings. The molecule has 0 fully saturated rings. The van der Waals surface area contributed by atoms with Crippen LogP contribution in [0.4, 0.5) is 5.00 Å². The normalized spacial score (nSPS) is 20.7. The van der Waals surface area contributed by atoms with E-state index < -0.39 is 5.92 Å². The Labute approximate surface area is 228 Å². The Hall–Kier alpha value is -3.37. The van der Waals surface area contributed by atoms with Crippen molar-refractivity contribution < 1.29 is 14.3 Å². The molecule has 5 rings (SSSR count). The molecule has 0 saturated heterocycles. The van der Waals surface area contributed by atoms with Crippen LogP contribution in [0.5, 0.6) is 0 Å². The monoisotopic (exact) mass is 529 g/mol. The third-order valence-corrected chi connectivity index (χ3v) is 9.21. The highest BCUT2D eigenvalue weighted by Gasteiger charge is 2.46. The number of rotatable bonds is 5. The minimum atomic E-state index is -0.526. The summed E-state index contributed by atoms with van der Waals surface area (Å²) in [6.45, 7) is 8.34. The Morgan fingerprint density at radius 1 is 1.18 bits per heavy atom. The molecule has 6 nitrogen and oxygen atoms in total. The summed E-state index contributed by atoms with van der Waals surface area (Å²) in [5.74, 6) is -0.564. The molecule has 1 aromatic heterocycles. The summed E-state index contributed by atoms with van der Waals surface area (Å²) in [7, 11) is 0. The van der Waals surface area contributed by atoms with E-state index in [1.165, 1.54) is 10.4 Å². The molecule has 0 bridgehead atoms. The van der Waals surface area contributed by atoms with E-state index in [4.69, 9.17) is 10.5 Å². The van der Waals surface area contributed by atoms with Gasteiger partial charge in [0.1, 0.15) is 10.8 Å². The number of Topliss-reactive ketones (excluding diaryl/α,β-unsaturated/α-hetero) is 1. The van der Waals surface area contributed by atoms with Gasteiger partial charge in [0.15, 0.2) is 5.78 Å². The fraction of sp³-hybridized carbons (Fsp3) is 0.452. The number of ether oxygens (including phenoxy) is 1. The fourth-order valence-corrected chi connectivity index (χ4v) is 7.56. The molecule has 1 atom stereocenters. The summed E-state index contributed by atoms with van der Waals surface area (Å²) in [5.41, 5.74) is 12.0. The van der Waals surface area contributed by atoms with Crippen molar-refractivity contribution in [2.75, 3.05) is 11.5 Å². The molecule has 0 unspecified atom stereocenters. The number of esters is 1. The van der Waals surface area contributed by atoms with E-state index in [1.807, 2.05) is 17.0 Å². The summed E-state index contributed by atoms with van der Waals surface area (Å²) in [6, 6.07) is 10.5. The van der Waals surface area contributed by atoms with Crippen LogP contribution in [0.1, 0.15) is 91.2 Å². The number of aryl methyl sites for hydroxylation is 2. The van der Waals surface area contributed by atoms with Crippen LogP contribution < -0.4 is 10.6 Å². The number of allylic oxidation sites excluding steroid dienone is 3. The van der Waals surface area contributed by atoms with Crippen molar-refractivity contribution in [1.29, 1.82) is 5.26 Å². The summed E-state index contributed by atoms with van der Waals surface area (Å²) in [5, 5.41) is 11.1. The molecule has 1 aromatic carbocycles. The van der Waals surface area contributed by atoms with Crippen molar-refractivity contribution in [2.45, 2.75) is 78.6 Å². The fourth-order valence-electron chi connectivity index (χ4n) is 6.14. The van der Waals surface area contributed by atoms with Crippen LogP contribution in [0.25, 0.3) is 0 Å². The minimum absolute atomic E-state index is 0.0325. The van der Waals surface area contributed by atoms with Crippen LogP contribution in [0.3, 0.4) is 0 Å². The predicted octanol–water partition coefficient (Wildman–Crippen LogP) is 6.31. The Kier molecular flexibility index (Phi) is 6.96. The molecule has 38 heavy (non-hydrogen) atoms. The average Bonchev–Trinajstić information content (AvgIpc) is 3.26. The van der Waals surface area contributed by atoms with E-state index in [2.05, 4.69) is 39.0 Å². The van der Waals surface area contributed by atoms with Gasteiger partial charge in [-0.2, -0.15) is 5.26 Å². The number of ketones is 1. The lowest BCUT2D eigenvalue weighted by Gasteiger charge is -2.43. The van der Waals surface area contributed by atoms with Crippen LogP contribution in [-0.4, -0.2) is 18.4 Å². The van der Waals surface area contributed by atoms with Gasteiger partial charge in [0.05, 0.1) is 29.7 Å². The number of nitrogens with two attached hydrogens (primary N) is 1. The third kappa shape index (κ3) is 4.35. The number of carbonyl (C=O) groups excluding carboxylic acids is 2. The zero-order chi connectivity index (χ0) is 27.2. The van der Waals surface area contributed by atoms with Crippen LogP contribution in [-0.2, 0) is 28.8 Å². The van der Waals surface area contributed by atoms with Crippen LogP contribution in [0.2, 0.25) is 0 Å². The van der Waals surface area contributed by atoms with E-state index in [0.29, 0.717) is 40.4 Å². The van der Waals surface area contributed by atoms with E-state index in [1.54, 1.807) is 18.3 Å². The maximum Gasteiger partial charge on any atom is 0.341 e. The molecule has 0 radical (unpaired) electrons. The molecule has 2 heterocycles. The summed E-state index contributed by atoms with van der Waals surface area (Å²) in [4.78, 5) is 30.2. The molecule has 0 saturated carbocycles. The summed E-state index contributed by atoms with van der Waals surface area (Å²) < 4.78 is 5.52. The van der Waals surface area contributed by atoms with Crippen LogP contribution in [0, 0.1) is 16.7 Å². The van der Waals surface area contributed by atoms with Crippen molar-refractivity contribution in [3.63, 3.8) is 0 Å². The van der Waals surface area contributed by atoms with Gasteiger partial charge in [0.2, 0.25) is 0 Å². The maximum absolute atomic E-state index is 13.9. The second-order valence-corrected chi connectivity index (χ2v) is 12.3. The molecule has 7 heteroatoms. The highest BCUT2D eigenvalue weighted by Crippen LogP contribution is 2.53. The first-order valence-electron chi connectivity index (χ1n) is 13.6. The van der Waals surface area contributed by atoms with E-state index >= 15 is 0 Å².